The van der Waals surface area contributed by atoms with Gasteiger partial charge in [0.2, 0.25) is 0 Å². The molecule has 0 radical (unpaired) electrons. The fraction of sp³-hybridized carbons (Fsp3) is 0. The van der Waals surface area contributed by atoms with Crippen molar-refractivity contribution in [1.82, 2.24) is 0 Å². The maximum Gasteiger partial charge on any atom is 0.0652 e. The Morgan fingerprint density at radius 2 is 0.660 bits per heavy atom. The van der Waals surface area contributed by atoms with Crippen LogP contribution >= 0.6 is 0 Å². The Hall–Kier alpha value is -13.3. The summed E-state index contributed by atoms with van der Waals surface area (Å²) in [6.07, 6.45) is 1.66. The molecule has 0 bridgehead atoms. The minimum Gasteiger partial charge on any atom is -0.356 e. The van der Waals surface area contributed by atoms with E-state index in [0.717, 1.165) is 27.1 Å². The molecule has 0 fully saturated rings. The van der Waals surface area contributed by atoms with Crippen molar-refractivity contribution in [3.8, 4) is 11.1 Å². The van der Waals surface area contributed by atoms with Crippen molar-refractivity contribution in [1.29, 1.82) is 0 Å². The Bertz CT molecular complexity index is 8740. The molecule has 0 heterocycles. The van der Waals surface area contributed by atoms with Crippen LogP contribution in [0.1, 0.15) is 61.8 Å². The Morgan fingerprint density at radius 1 is 0.230 bits per heavy atom. The van der Waals surface area contributed by atoms with E-state index < -0.39 is 218 Å². The second-order valence-corrected chi connectivity index (χ2v) is 22.0. The third-order valence-electron chi connectivity index (χ3n) is 15.9. The van der Waals surface area contributed by atoms with Gasteiger partial charge in [-0.3, -0.25) is 0 Å². The number of fused-ring (bicyclic) bond motifs is 13. The molecule has 0 aromatic heterocycles. The van der Waals surface area contributed by atoms with Crippen molar-refractivity contribution < 1.29 is 56.2 Å². The molecule has 4 nitrogen and oxygen atoms in total. The van der Waals surface area contributed by atoms with Crippen LogP contribution in [0.2, 0.25) is 0 Å². The highest BCUT2D eigenvalue weighted by molar-refractivity contribution is 6.16. The van der Waals surface area contributed by atoms with E-state index in [1.165, 1.54) is 24.3 Å². The van der Waals surface area contributed by atoms with Crippen molar-refractivity contribution in [2.75, 3.05) is 21.3 Å². The largest absolute Gasteiger partial charge is 0.356 e. The van der Waals surface area contributed by atoms with Crippen LogP contribution in [0.5, 0.6) is 0 Å². The van der Waals surface area contributed by atoms with Gasteiger partial charge < -0.3 is 21.3 Å². The van der Waals surface area contributed by atoms with Gasteiger partial charge in [-0.25, -0.2) is 0 Å². The van der Waals surface area contributed by atoms with Crippen LogP contribution < -0.4 is 21.3 Å². The molecule has 0 saturated carbocycles. The normalized spacial score (nSPS) is 16.8. The summed E-state index contributed by atoms with van der Waals surface area (Å²) in [5.41, 5.74) is 3.22. The maximum absolute atomic E-state index is 8.91. The topological polar surface area (TPSA) is 48.1 Å². The summed E-state index contributed by atoms with van der Waals surface area (Å²) >= 11 is 0. The summed E-state index contributed by atoms with van der Waals surface area (Å²) in [6, 6.07) is 20.4. The van der Waals surface area contributed by atoms with Crippen molar-refractivity contribution in [3.05, 3.63) is 393 Å². The van der Waals surface area contributed by atoms with Gasteiger partial charge in [-0.1, -0.05) is 321 Å². The minimum atomic E-state index is -0.563. The van der Waals surface area contributed by atoms with E-state index in [-0.39, 0.29) is 145 Å². The van der Waals surface area contributed by atoms with Gasteiger partial charge in [-0.15, -0.1) is 0 Å². The Kier molecular flexibility index (Phi) is 8.82. The third-order valence-corrected chi connectivity index (χ3v) is 15.9. The van der Waals surface area contributed by atoms with Crippen molar-refractivity contribution in [2.24, 2.45) is 0 Å². The zero-order chi connectivity index (χ0) is 103. The summed E-state index contributed by atoms with van der Waals surface area (Å²) in [4.78, 5) is 0. The van der Waals surface area contributed by atoms with Crippen LogP contribution in [-0.4, -0.2) is 0 Å². The smallest absolute Gasteiger partial charge is 0.0652 e. The van der Waals surface area contributed by atoms with Crippen LogP contribution in [-0.2, 0) is 0 Å². The van der Waals surface area contributed by atoms with E-state index in [4.69, 9.17) is 56.2 Å². The average Bonchev–Trinajstić information content (AvgIpc) is 0.712. The summed E-state index contributed by atoms with van der Waals surface area (Å²) < 4.78 is 341. The highest BCUT2D eigenvalue weighted by atomic mass is 14.9. The molecule has 4 N–H and O–H groups in total. The molecule has 0 atom stereocenters. The SMILES string of the molecule is [2H]c1c([2H])c([2H])c2c([2H])c(Nc3ccc(-c4c([2H])c([2H])c([2H])c5c([2H])c([2H])c([2H])c([2H])c45)cc3)c([2H])c([2H])c2c1[2H].[2H]c1c([2H])c([2H])c2c(c1[2H])c([2H])c(Nc1ccc(C=C)cc1)c1c([2H])c([2H])c([2H])c([2H])c12.[2H]c1c([2H])c([2H])c2c(c1[2H])c([2H])c(Nc1ccc3ccccc3c1)c1c([2H])c([2H])c([2H])c([2H])c12.[2H]c1c([2H])c([2H])c2c(c1[2H])c([2H])c(Nc1cccc3ccccc13)c1c([2H])c([2H])c([2H])c([2H])c12. The zero-order valence-electron chi connectivity index (χ0n) is 93.0. The van der Waals surface area contributed by atoms with Crippen molar-refractivity contribution in [3.63, 3.8) is 0 Å². The molecule has 0 spiro atoms. The molecule has 4 heteroatoms. The van der Waals surface area contributed by atoms with Gasteiger partial charge >= 0.3 is 0 Å². The number of hydrogen-bond donors (Lipinski definition) is 4. The second-order valence-electron chi connectivity index (χ2n) is 22.0. The molecule has 0 saturated heterocycles. The third kappa shape index (κ3) is 13.1. The highest BCUT2D eigenvalue weighted by Crippen LogP contribution is 2.39. The average molecular weight is 1320 g/mol. The van der Waals surface area contributed by atoms with E-state index >= 15 is 0 Å². The highest BCUT2D eigenvalue weighted by Gasteiger charge is 2.12. The Balaban J connectivity index is 0.000000136. The van der Waals surface area contributed by atoms with Crippen molar-refractivity contribution in [2.45, 2.75) is 0 Å². The minimum absolute atomic E-state index is 0.00136. The van der Waals surface area contributed by atoms with E-state index in [0.29, 0.717) is 28.3 Å². The first-order chi connectivity index (χ1) is 66.6. The van der Waals surface area contributed by atoms with Crippen LogP contribution in [0.25, 0.3) is 125 Å². The predicted molar refractivity (Wildman–Crippen MR) is 435 cm³/mol. The molecule has 19 aromatic carbocycles. The molecule has 0 unspecified atom stereocenters. The predicted octanol–water partition coefficient (Wildman–Crippen LogP) is 27.6. The lowest BCUT2D eigenvalue weighted by atomic mass is 9.98. The molecular formula is C96H70N4. The summed E-state index contributed by atoms with van der Waals surface area (Å²) in [5, 5.41) is 14.4. The first-order valence-electron chi connectivity index (χ1n) is 51.2. The molecule has 100 heavy (non-hydrogen) atoms. The molecule has 474 valence electrons. The van der Waals surface area contributed by atoms with Gasteiger partial charge in [0.05, 0.1) is 56.2 Å². The molecule has 19 rings (SSSR count). The van der Waals surface area contributed by atoms with E-state index in [1.807, 2.05) is 72.8 Å². The quantitative estimate of drug-likeness (QED) is 0.103. The Morgan fingerprint density at radius 3 is 1.25 bits per heavy atom. The van der Waals surface area contributed by atoms with E-state index in [2.05, 4.69) is 27.8 Å². The number of anilines is 8. The van der Waals surface area contributed by atoms with Gasteiger partial charge in [0.25, 0.3) is 0 Å². The van der Waals surface area contributed by atoms with Crippen LogP contribution in [0.4, 0.5) is 45.5 Å². The molecule has 0 amide bonds. The van der Waals surface area contributed by atoms with Crippen LogP contribution in [0.15, 0.2) is 388 Å². The molecule has 0 aliphatic heterocycles. The second kappa shape index (κ2) is 28.2. The fourth-order valence-electron chi connectivity index (χ4n) is 11.2. The Labute approximate surface area is 640 Å². The number of rotatable bonds is 10. The summed E-state index contributed by atoms with van der Waals surface area (Å²) in [5.74, 6) is 0. The number of hydrogen-bond acceptors (Lipinski definition) is 4. The number of nitrogens with one attached hydrogen (secondary N) is 4. The first-order valence-corrected chi connectivity index (χ1v) is 30.7. The van der Waals surface area contributed by atoms with E-state index in [9.17, 15) is 0 Å². The molecule has 0 aliphatic carbocycles. The maximum atomic E-state index is 8.91. The molecule has 19 aromatic rings. The lowest BCUT2D eigenvalue weighted by Gasteiger charge is -2.14. The molecule has 0 aliphatic rings. The van der Waals surface area contributed by atoms with Gasteiger partial charge in [0.1, 0.15) is 0 Å². The fourth-order valence-corrected chi connectivity index (χ4v) is 11.2. The lowest BCUT2D eigenvalue weighted by molar-refractivity contribution is 1.56. The monoisotopic (exact) mass is 1320 g/mol. The van der Waals surface area contributed by atoms with Crippen LogP contribution in [0, 0.1) is 0 Å². The van der Waals surface area contributed by atoms with E-state index in [1.54, 1.807) is 42.5 Å². The zero-order valence-corrected chi connectivity index (χ0v) is 52.0. The summed E-state index contributed by atoms with van der Waals surface area (Å²) in [6.45, 7) is 3.70. The van der Waals surface area contributed by atoms with Crippen molar-refractivity contribution >= 4 is 159 Å². The van der Waals surface area contributed by atoms with Gasteiger partial charge in [0, 0.05) is 67.0 Å². The standard InChI is InChI=1S/C26H19N.2C24H17N.C22H17N/c1-2-8-22-18-24(17-12-19(22)6-1)27-23-15-13-21(14-16-23)26-11-5-9-20-7-3-4-10-25(20)26;1-4-12-20-17(8-1)10-7-15-23(20)25-24-16-18-9-2-3-11-19(18)21-13-5-6-14-22(21)24;1-2-8-18-15-20(14-13-17(18)7-1)25-24-16-19-9-3-4-10-21(19)22-11-5-6-12-23(22)24;1-2-16-11-13-18(14-12-16)23-22-15-17-7-3-4-8-19(17)20-9-5-6-10-21(20)22/h1-18,27H;2*1-16,25H;2-15,23H,1H2/i1D,2D,3D,4D,5D,6D,7D,8D,9D,10D,11D,12D,17D,18D;2D,3D,5D,6D,9D,11D,13D,14D,16D;3D,4D,5D,6D,9D,10D,11D,12D,16D;3D,4D,5D,6D,7D,8D,9D,10D,15D. The van der Waals surface area contributed by atoms with Gasteiger partial charge in [0.15, 0.2) is 0 Å². The van der Waals surface area contributed by atoms with Gasteiger partial charge in [-0.05, 0) is 176 Å². The van der Waals surface area contributed by atoms with Gasteiger partial charge in [-0.2, -0.15) is 0 Å². The molecular weight excluding hydrogens is 1210 g/mol. The summed E-state index contributed by atoms with van der Waals surface area (Å²) in [7, 11) is 0. The number of benzene rings is 19. The lowest BCUT2D eigenvalue weighted by Crippen LogP contribution is -1.93. The first kappa shape index (κ1) is 31.3. The van der Waals surface area contributed by atoms with Crippen LogP contribution in [0.3, 0.4) is 0 Å².